The van der Waals surface area contributed by atoms with Gasteiger partial charge in [-0.1, -0.05) is 6.07 Å². The highest BCUT2D eigenvalue weighted by Gasteiger charge is 2.12. The van der Waals surface area contributed by atoms with E-state index in [4.69, 9.17) is 9.47 Å². The molecule has 1 aromatic heterocycles. The number of hydrogen-bond acceptors (Lipinski definition) is 3. The fourth-order valence-corrected chi connectivity index (χ4v) is 2.64. The van der Waals surface area contributed by atoms with Gasteiger partial charge in [0.1, 0.15) is 5.75 Å². The molecule has 0 N–H and O–H groups in total. The minimum atomic E-state index is -0.449. The Labute approximate surface area is 132 Å². The van der Waals surface area contributed by atoms with Crippen LogP contribution >= 0.6 is 0 Å². The van der Waals surface area contributed by atoms with Crippen molar-refractivity contribution >= 4 is 10.8 Å². The third-order valence-electron chi connectivity index (χ3n) is 3.85. The monoisotopic (exact) mass is 313 g/mol. The first-order valence-electron chi connectivity index (χ1n) is 7.06. The molecule has 0 aliphatic carbocycles. The minimum Gasteiger partial charge on any atom is -0.497 e. The molecule has 2 aromatic carbocycles. The number of methoxy groups -OCH3 is 2. The number of ether oxygens (including phenoxy) is 2. The molecule has 0 atom stereocenters. The molecule has 3 aromatic rings. The van der Waals surface area contributed by atoms with E-state index in [1.54, 1.807) is 50.7 Å². The van der Waals surface area contributed by atoms with E-state index in [9.17, 15) is 9.18 Å². The van der Waals surface area contributed by atoms with Crippen molar-refractivity contribution < 1.29 is 13.9 Å². The number of nitrogens with zero attached hydrogens (tertiary/aromatic N) is 1. The Kier molecular flexibility index (Phi) is 3.78. The number of pyridine rings is 1. The largest absolute Gasteiger partial charge is 0.497 e. The number of aryl methyl sites for hydroxylation is 1. The van der Waals surface area contributed by atoms with Crippen LogP contribution in [0.3, 0.4) is 0 Å². The molecule has 0 bridgehead atoms. The van der Waals surface area contributed by atoms with Crippen LogP contribution in [0.25, 0.3) is 21.9 Å². The van der Waals surface area contributed by atoms with E-state index in [1.165, 1.54) is 17.7 Å². The Bertz CT molecular complexity index is 947. The van der Waals surface area contributed by atoms with Crippen molar-refractivity contribution in [2.75, 3.05) is 14.2 Å². The van der Waals surface area contributed by atoms with Crippen molar-refractivity contribution in [1.82, 2.24) is 4.57 Å². The summed E-state index contributed by atoms with van der Waals surface area (Å²) in [4.78, 5) is 12.3. The Balaban J connectivity index is 2.34. The fourth-order valence-electron chi connectivity index (χ4n) is 2.64. The van der Waals surface area contributed by atoms with E-state index in [2.05, 4.69) is 0 Å². The third kappa shape index (κ3) is 2.54. The van der Waals surface area contributed by atoms with Crippen molar-refractivity contribution in [3.05, 3.63) is 58.8 Å². The van der Waals surface area contributed by atoms with Gasteiger partial charge in [-0.05, 0) is 35.9 Å². The zero-order valence-electron chi connectivity index (χ0n) is 13.1. The van der Waals surface area contributed by atoms with Gasteiger partial charge < -0.3 is 14.0 Å². The molecule has 23 heavy (non-hydrogen) atoms. The third-order valence-corrected chi connectivity index (χ3v) is 3.85. The SMILES string of the molecule is COc1ccc2c(=O)n(C)cc(-c3ccc(OC)c(F)c3)c2c1. The number of rotatable bonds is 3. The smallest absolute Gasteiger partial charge is 0.258 e. The Morgan fingerprint density at radius 2 is 1.78 bits per heavy atom. The van der Waals surface area contributed by atoms with Gasteiger partial charge in [0, 0.05) is 29.6 Å². The lowest BCUT2D eigenvalue weighted by atomic mass is 10.00. The van der Waals surface area contributed by atoms with Crippen LogP contribution in [0.5, 0.6) is 11.5 Å². The standard InChI is InChI=1S/C18H16FNO3/c1-20-10-15(11-4-7-17(23-3)16(19)8-11)14-9-12(22-2)5-6-13(14)18(20)21/h4-10H,1-3H3. The second-order valence-corrected chi connectivity index (χ2v) is 5.22. The van der Waals surface area contributed by atoms with Gasteiger partial charge >= 0.3 is 0 Å². The highest BCUT2D eigenvalue weighted by Crippen LogP contribution is 2.31. The van der Waals surface area contributed by atoms with Crippen LogP contribution in [-0.4, -0.2) is 18.8 Å². The van der Waals surface area contributed by atoms with Crippen molar-refractivity contribution in [3.63, 3.8) is 0 Å². The van der Waals surface area contributed by atoms with Gasteiger partial charge in [-0.3, -0.25) is 4.79 Å². The second kappa shape index (κ2) is 5.76. The minimum absolute atomic E-state index is 0.111. The lowest BCUT2D eigenvalue weighted by Gasteiger charge is -2.12. The van der Waals surface area contributed by atoms with Crippen molar-refractivity contribution in [2.24, 2.45) is 7.05 Å². The molecular formula is C18H16FNO3. The maximum absolute atomic E-state index is 14.0. The van der Waals surface area contributed by atoms with Gasteiger partial charge in [0.05, 0.1) is 14.2 Å². The highest BCUT2D eigenvalue weighted by molar-refractivity contribution is 5.96. The Morgan fingerprint density at radius 1 is 1.00 bits per heavy atom. The number of hydrogen-bond donors (Lipinski definition) is 0. The van der Waals surface area contributed by atoms with Crippen LogP contribution in [0.15, 0.2) is 47.4 Å². The predicted octanol–water partition coefficient (Wildman–Crippen LogP) is 3.36. The van der Waals surface area contributed by atoms with Crippen molar-refractivity contribution in [1.29, 1.82) is 0 Å². The zero-order valence-corrected chi connectivity index (χ0v) is 13.1. The molecule has 1 heterocycles. The van der Waals surface area contributed by atoms with Crippen LogP contribution < -0.4 is 15.0 Å². The molecule has 5 heteroatoms. The summed E-state index contributed by atoms with van der Waals surface area (Å²) in [5.41, 5.74) is 1.31. The molecule has 118 valence electrons. The first kappa shape index (κ1) is 15.1. The van der Waals surface area contributed by atoms with Gasteiger partial charge in [-0.15, -0.1) is 0 Å². The van der Waals surface area contributed by atoms with Gasteiger partial charge in [0.15, 0.2) is 11.6 Å². The van der Waals surface area contributed by atoms with E-state index in [-0.39, 0.29) is 11.3 Å². The molecule has 0 radical (unpaired) electrons. The van der Waals surface area contributed by atoms with Gasteiger partial charge in [0.25, 0.3) is 5.56 Å². The van der Waals surface area contributed by atoms with Crippen LogP contribution in [0.1, 0.15) is 0 Å². The molecule has 4 nitrogen and oxygen atoms in total. The summed E-state index contributed by atoms with van der Waals surface area (Å²) >= 11 is 0. The van der Waals surface area contributed by atoms with Crippen LogP contribution in [0.2, 0.25) is 0 Å². The normalized spacial score (nSPS) is 10.8. The molecule has 0 aliphatic rings. The van der Waals surface area contributed by atoms with Crippen LogP contribution in [-0.2, 0) is 7.05 Å². The number of halogens is 1. The summed E-state index contributed by atoms with van der Waals surface area (Å²) in [5, 5.41) is 1.28. The van der Waals surface area contributed by atoms with E-state index >= 15 is 0 Å². The number of fused-ring (bicyclic) bond motifs is 1. The fraction of sp³-hybridized carbons (Fsp3) is 0.167. The summed E-state index contributed by atoms with van der Waals surface area (Å²) in [6.07, 6.45) is 1.70. The first-order valence-corrected chi connectivity index (χ1v) is 7.06. The van der Waals surface area contributed by atoms with E-state index < -0.39 is 5.82 Å². The Hall–Kier alpha value is -2.82. The van der Waals surface area contributed by atoms with Crippen LogP contribution in [0, 0.1) is 5.82 Å². The molecule has 3 rings (SSSR count). The summed E-state index contributed by atoms with van der Waals surface area (Å²) in [6.45, 7) is 0. The summed E-state index contributed by atoms with van der Waals surface area (Å²) in [5.74, 6) is 0.372. The summed E-state index contributed by atoms with van der Waals surface area (Å²) in [7, 11) is 4.66. The van der Waals surface area contributed by atoms with Gasteiger partial charge in [0.2, 0.25) is 0 Å². The summed E-state index contributed by atoms with van der Waals surface area (Å²) < 4.78 is 25.7. The lowest BCUT2D eigenvalue weighted by Crippen LogP contribution is -2.16. The molecule has 0 saturated heterocycles. The van der Waals surface area contributed by atoms with E-state index in [0.29, 0.717) is 16.7 Å². The molecule has 0 saturated carbocycles. The number of aromatic nitrogens is 1. The maximum atomic E-state index is 14.0. The van der Waals surface area contributed by atoms with Gasteiger partial charge in [-0.25, -0.2) is 4.39 Å². The predicted molar refractivity (Wildman–Crippen MR) is 87.7 cm³/mol. The quantitative estimate of drug-likeness (QED) is 0.744. The molecule has 0 fully saturated rings. The molecular weight excluding hydrogens is 297 g/mol. The lowest BCUT2D eigenvalue weighted by molar-refractivity contribution is 0.386. The van der Waals surface area contributed by atoms with Crippen LogP contribution in [0.4, 0.5) is 4.39 Å². The van der Waals surface area contributed by atoms with E-state index in [0.717, 1.165) is 10.9 Å². The maximum Gasteiger partial charge on any atom is 0.258 e. The van der Waals surface area contributed by atoms with Gasteiger partial charge in [-0.2, -0.15) is 0 Å². The average Bonchev–Trinajstić information content (AvgIpc) is 2.57. The second-order valence-electron chi connectivity index (χ2n) is 5.22. The highest BCUT2D eigenvalue weighted by atomic mass is 19.1. The molecule has 0 spiro atoms. The average molecular weight is 313 g/mol. The molecule has 0 aliphatic heterocycles. The van der Waals surface area contributed by atoms with E-state index in [1.807, 2.05) is 0 Å². The zero-order chi connectivity index (χ0) is 16.6. The molecule has 0 unspecified atom stereocenters. The van der Waals surface area contributed by atoms with Crippen molar-refractivity contribution in [2.45, 2.75) is 0 Å². The number of benzene rings is 2. The molecule has 0 amide bonds. The Morgan fingerprint density at radius 3 is 2.43 bits per heavy atom. The first-order chi connectivity index (χ1) is 11.0. The summed E-state index contributed by atoms with van der Waals surface area (Å²) in [6, 6.07) is 9.98. The topological polar surface area (TPSA) is 40.5 Å². The van der Waals surface area contributed by atoms with Crippen molar-refractivity contribution in [3.8, 4) is 22.6 Å².